The molecule has 0 amide bonds. The van der Waals surface area contributed by atoms with E-state index in [4.69, 9.17) is 22.1 Å². The highest BCUT2D eigenvalue weighted by Crippen LogP contribution is 2.35. The van der Waals surface area contributed by atoms with Gasteiger partial charge in [0.1, 0.15) is 5.75 Å². The van der Waals surface area contributed by atoms with E-state index in [9.17, 15) is 0 Å². The van der Waals surface area contributed by atoms with Gasteiger partial charge in [-0.1, -0.05) is 45.7 Å². The number of hydrogen-bond donors (Lipinski definition) is 1. The number of rotatable bonds is 5. The number of benzene rings is 2. The van der Waals surface area contributed by atoms with Crippen molar-refractivity contribution in [3.63, 3.8) is 0 Å². The van der Waals surface area contributed by atoms with Crippen molar-refractivity contribution in [2.45, 2.75) is 6.04 Å². The zero-order valence-electron chi connectivity index (χ0n) is 12.0. The molecule has 0 aliphatic carbocycles. The lowest BCUT2D eigenvalue weighted by Crippen LogP contribution is -2.31. The fourth-order valence-corrected chi connectivity index (χ4v) is 3.15. The highest BCUT2D eigenvalue weighted by atomic mass is 79.9. The first kappa shape index (κ1) is 16.1. The molecule has 0 spiro atoms. The minimum atomic E-state index is -0.0260. The van der Waals surface area contributed by atoms with Crippen LogP contribution in [0.3, 0.4) is 0 Å². The number of likely N-dealkylation sites (N-methyl/N-ethyl adjacent to an activating group) is 1. The zero-order chi connectivity index (χ0) is 15.4. The summed E-state index contributed by atoms with van der Waals surface area (Å²) < 4.78 is 6.37. The van der Waals surface area contributed by atoms with Gasteiger partial charge in [0.2, 0.25) is 0 Å². The van der Waals surface area contributed by atoms with Gasteiger partial charge in [-0.15, -0.1) is 0 Å². The smallest absolute Gasteiger partial charge is 0.142 e. The Labute approximate surface area is 138 Å². The van der Waals surface area contributed by atoms with Gasteiger partial charge in [-0.3, -0.25) is 0 Å². The average molecular weight is 370 g/mol. The van der Waals surface area contributed by atoms with Gasteiger partial charge in [-0.2, -0.15) is 0 Å². The molecule has 2 N–H and O–H groups in total. The lowest BCUT2D eigenvalue weighted by Gasteiger charge is -2.31. The summed E-state index contributed by atoms with van der Waals surface area (Å²) in [7, 11) is 3.66. The first-order chi connectivity index (χ1) is 10.1. The number of ether oxygens (including phenoxy) is 1. The molecule has 0 fully saturated rings. The second-order valence-corrected chi connectivity index (χ2v) is 6.02. The van der Waals surface area contributed by atoms with Gasteiger partial charge in [0.25, 0.3) is 0 Å². The van der Waals surface area contributed by atoms with E-state index in [1.54, 1.807) is 7.11 Å². The zero-order valence-corrected chi connectivity index (χ0v) is 14.4. The van der Waals surface area contributed by atoms with Crippen molar-refractivity contribution in [1.82, 2.24) is 0 Å². The molecule has 112 valence electrons. The molecular formula is C16H18BrClN2O. The number of methoxy groups -OCH3 is 1. The van der Waals surface area contributed by atoms with Gasteiger partial charge >= 0.3 is 0 Å². The van der Waals surface area contributed by atoms with Gasteiger partial charge in [0.15, 0.2) is 0 Å². The first-order valence-corrected chi connectivity index (χ1v) is 7.76. The number of para-hydroxylation sites is 2. The van der Waals surface area contributed by atoms with Crippen LogP contribution in [0.1, 0.15) is 11.6 Å². The highest BCUT2D eigenvalue weighted by molar-refractivity contribution is 9.10. The van der Waals surface area contributed by atoms with Crippen LogP contribution in [0.4, 0.5) is 5.69 Å². The Bertz CT molecular complexity index is 621. The van der Waals surface area contributed by atoms with Crippen molar-refractivity contribution in [2.24, 2.45) is 5.73 Å². The lowest BCUT2D eigenvalue weighted by molar-refractivity contribution is 0.413. The van der Waals surface area contributed by atoms with E-state index in [1.165, 1.54) is 0 Å². The maximum atomic E-state index is 6.36. The van der Waals surface area contributed by atoms with Crippen LogP contribution < -0.4 is 15.4 Å². The quantitative estimate of drug-likeness (QED) is 0.856. The summed E-state index contributed by atoms with van der Waals surface area (Å²) in [5.41, 5.74) is 7.97. The molecule has 0 radical (unpaired) electrons. The molecule has 1 unspecified atom stereocenters. The van der Waals surface area contributed by atoms with Crippen LogP contribution in [-0.4, -0.2) is 20.7 Å². The van der Waals surface area contributed by atoms with Crippen molar-refractivity contribution in [3.05, 3.63) is 57.5 Å². The van der Waals surface area contributed by atoms with E-state index >= 15 is 0 Å². The van der Waals surface area contributed by atoms with Crippen molar-refractivity contribution in [3.8, 4) is 5.75 Å². The molecule has 3 nitrogen and oxygen atoms in total. The van der Waals surface area contributed by atoms with Crippen LogP contribution in [0.25, 0.3) is 0 Å². The normalized spacial score (nSPS) is 12.0. The Morgan fingerprint density at radius 3 is 2.62 bits per heavy atom. The topological polar surface area (TPSA) is 38.5 Å². The predicted octanol–water partition coefficient (Wildman–Crippen LogP) is 4.25. The van der Waals surface area contributed by atoms with Crippen molar-refractivity contribution >= 4 is 33.2 Å². The standard InChI is InChI=1S/C16H18BrClN2O/c1-20(14-5-3-4-6-16(14)21-2)15(10-19)12-8-7-11(17)9-13(12)18/h3-9,15H,10,19H2,1-2H3. The molecule has 2 rings (SSSR count). The lowest BCUT2D eigenvalue weighted by atomic mass is 10.0. The Balaban J connectivity index is 2.40. The third-order valence-corrected chi connectivity index (χ3v) is 4.30. The molecule has 2 aromatic carbocycles. The molecule has 0 aliphatic heterocycles. The van der Waals surface area contributed by atoms with Crippen molar-refractivity contribution in [2.75, 3.05) is 25.6 Å². The summed E-state index contributed by atoms with van der Waals surface area (Å²) in [6.07, 6.45) is 0. The summed E-state index contributed by atoms with van der Waals surface area (Å²) in [5, 5.41) is 0.696. The van der Waals surface area contributed by atoms with E-state index < -0.39 is 0 Å². The Hall–Kier alpha value is -1.23. The van der Waals surface area contributed by atoms with Gasteiger partial charge in [0.05, 0.1) is 18.8 Å². The Morgan fingerprint density at radius 1 is 1.29 bits per heavy atom. The fourth-order valence-electron chi connectivity index (χ4n) is 2.35. The minimum absolute atomic E-state index is 0.0260. The molecule has 1 atom stereocenters. The fraction of sp³-hybridized carbons (Fsp3) is 0.250. The van der Waals surface area contributed by atoms with Crippen molar-refractivity contribution < 1.29 is 4.74 Å². The van der Waals surface area contributed by atoms with Crippen LogP contribution in [0.2, 0.25) is 5.02 Å². The molecule has 0 aliphatic rings. The summed E-state index contributed by atoms with van der Waals surface area (Å²) in [6, 6.07) is 13.7. The number of hydrogen-bond acceptors (Lipinski definition) is 3. The number of nitrogens with two attached hydrogens (primary N) is 1. The van der Waals surface area contributed by atoms with Crippen LogP contribution in [0, 0.1) is 0 Å². The molecule has 0 saturated heterocycles. The molecule has 21 heavy (non-hydrogen) atoms. The molecule has 0 aromatic heterocycles. The van der Waals surface area contributed by atoms with E-state index in [0.717, 1.165) is 21.5 Å². The van der Waals surface area contributed by atoms with Crippen molar-refractivity contribution in [1.29, 1.82) is 0 Å². The molecule has 0 saturated carbocycles. The maximum Gasteiger partial charge on any atom is 0.142 e. The third-order valence-electron chi connectivity index (χ3n) is 3.48. The predicted molar refractivity (Wildman–Crippen MR) is 92.3 cm³/mol. The molecule has 0 heterocycles. The second kappa shape index (κ2) is 7.16. The van der Waals surface area contributed by atoms with E-state index in [2.05, 4.69) is 20.8 Å². The van der Waals surface area contributed by atoms with E-state index in [0.29, 0.717) is 11.6 Å². The molecular weight excluding hydrogens is 352 g/mol. The average Bonchev–Trinajstić information content (AvgIpc) is 2.49. The van der Waals surface area contributed by atoms with Gasteiger partial charge < -0.3 is 15.4 Å². The molecule has 2 aromatic rings. The number of nitrogens with zero attached hydrogens (tertiary/aromatic N) is 1. The van der Waals surface area contributed by atoms with Gasteiger partial charge in [-0.25, -0.2) is 0 Å². The summed E-state index contributed by atoms with van der Waals surface area (Å²) in [5.74, 6) is 0.812. The van der Waals surface area contributed by atoms with Crippen LogP contribution >= 0.6 is 27.5 Å². The van der Waals surface area contributed by atoms with E-state index in [1.807, 2.05) is 49.5 Å². The minimum Gasteiger partial charge on any atom is -0.495 e. The molecule has 0 bridgehead atoms. The van der Waals surface area contributed by atoms with Crippen LogP contribution in [-0.2, 0) is 0 Å². The van der Waals surface area contributed by atoms with Gasteiger partial charge in [0, 0.05) is 23.1 Å². The molecule has 5 heteroatoms. The van der Waals surface area contributed by atoms with E-state index in [-0.39, 0.29) is 6.04 Å². The van der Waals surface area contributed by atoms with Crippen LogP contribution in [0.15, 0.2) is 46.9 Å². The second-order valence-electron chi connectivity index (χ2n) is 4.70. The Kier molecular flexibility index (Phi) is 5.51. The SMILES string of the molecule is COc1ccccc1N(C)C(CN)c1ccc(Br)cc1Cl. The largest absolute Gasteiger partial charge is 0.495 e. The summed E-state index contributed by atoms with van der Waals surface area (Å²) in [4.78, 5) is 2.09. The number of halogens is 2. The Morgan fingerprint density at radius 2 is 2.00 bits per heavy atom. The summed E-state index contributed by atoms with van der Waals surface area (Å²) in [6.45, 7) is 0.454. The van der Waals surface area contributed by atoms with Crippen LogP contribution in [0.5, 0.6) is 5.75 Å². The third kappa shape index (κ3) is 3.51. The number of anilines is 1. The van der Waals surface area contributed by atoms with Gasteiger partial charge in [-0.05, 0) is 29.8 Å². The first-order valence-electron chi connectivity index (χ1n) is 6.59. The monoisotopic (exact) mass is 368 g/mol. The summed E-state index contributed by atoms with van der Waals surface area (Å²) >= 11 is 9.79. The maximum absolute atomic E-state index is 6.36. The highest BCUT2D eigenvalue weighted by Gasteiger charge is 2.21.